The van der Waals surface area contributed by atoms with Crippen LogP contribution >= 0.6 is 0 Å². The number of carbonyl (C=O) groups is 1. The first-order chi connectivity index (χ1) is 14.6. The van der Waals surface area contributed by atoms with Gasteiger partial charge in [0.25, 0.3) is 5.91 Å². The van der Waals surface area contributed by atoms with Crippen molar-refractivity contribution in [3.05, 3.63) is 95.3 Å². The van der Waals surface area contributed by atoms with Crippen molar-refractivity contribution >= 4 is 23.2 Å². The standard InChI is InChI=1S/C24H22N4O2/c1-17-11-12-19(22(29)13-17)15-25-27-24(30)16-28-21-10-6-5-9-20(21)26-23(28)14-18-7-3-2-4-8-18/h2-13,15,29H,14,16H2,1H3,(H,27,30)/b25-15+. The van der Waals surface area contributed by atoms with E-state index in [9.17, 15) is 9.90 Å². The summed E-state index contributed by atoms with van der Waals surface area (Å²) in [5.74, 6) is 0.673. The number of nitrogens with one attached hydrogen (secondary N) is 1. The Kier molecular flexibility index (Phi) is 5.57. The molecule has 4 aromatic rings. The van der Waals surface area contributed by atoms with Gasteiger partial charge in [0, 0.05) is 12.0 Å². The van der Waals surface area contributed by atoms with E-state index in [1.165, 1.54) is 6.21 Å². The number of carbonyl (C=O) groups excluding carboxylic acids is 1. The highest BCUT2D eigenvalue weighted by Gasteiger charge is 2.14. The maximum atomic E-state index is 12.6. The summed E-state index contributed by atoms with van der Waals surface area (Å²) in [5.41, 5.74) is 6.91. The van der Waals surface area contributed by atoms with E-state index in [0.717, 1.165) is 28.0 Å². The molecule has 0 atom stereocenters. The molecule has 2 N–H and O–H groups in total. The number of hydrogen-bond acceptors (Lipinski definition) is 4. The summed E-state index contributed by atoms with van der Waals surface area (Å²) in [6.07, 6.45) is 2.06. The number of hydrogen-bond donors (Lipinski definition) is 2. The van der Waals surface area contributed by atoms with Crippen LogP contribution in [0.4, 0.5) is 0 Å². The first kappa shape index (κ1) is 19.4. The molecule has 0 unspecified atom stereocenters. The molecule has 150 valence electrons. The molecule has 3 aromatic carbocycles. The Morgan fingerprint density at radius 2 is 1.87 bits per heavy atom. The summed E-state index contributed by atoms with van der Waals surface area (Å²) in [6, 6.07) is 23.1. The average molecular weight is 398 g/mol. The summed E-state index contributed by atoms with van der Waals surface area (Å²) in [6.45, 7) is 1.99. The molecule has 0 radical (unpaired) electrons. The largest absolute Gasteiger partial charge is 0.507 e. The topological polar surface area (TPSA) is 79.5 Å². The summed E-state index contributed by atoms with van der Waals surface area (Å²) in [5, 5.41) is 13.9. The van der Waals surface area contributed by atoms with Crippen molar-refractivity contribution in [2.75, 3.05) is 0 Å². The Morgan fingerprint density at radius 1 is 1.10 bits per heavy atom. The van der Waals surface area contributed by atoms with Gasteiger partial charge in [0.2, 0.25) is 0 Å². The highest BCUT2D eigenvalue weighted by atomic mass is 16.3. The number of aromatic hydroxyl groups is 1. The van der Waals surface area contributed by atoms with Gasteiger partial charge in [-0.1, -0.05) is 48.5 Å². The molecule has 0 bridgehead atoms. The third kappa shape index (κ3) is 4.38. The van der Waals surface area contributed by atoms with Crippen LogP contribution in [0.1, 0.15) is 22.5 Å². The lowest BCUT2D eigenvalue weighted by molar-refractivity contribution is -0.121. The quantitative estimate of drug-likeness (QED) is 0.383. The third-order valence-corrected chi connectivity index (χ3v) is 4.82. The fourth-order valence-corrected chi connectivity index (χ4v) is 3.33. The zero-order valence-electron chi connectivity index (χ0n) is 16.6. The molecule has 0 spiro atoms. The molecular formula is C24H22N4O2. The number of benzene rings is 3. The normalized spacial score (nSPS) is 11.2. The van der Waals surface area contributed by atoms with Crippen LogP contribution in [0.5, 0.6) is 5.75 Å². The molecule has 6 heteroatoms. The Hall–Kier alpha value is -3.93. The van der Waals surface area contributed by atoms with Crippen molar-refractivity contribution in [3.63, 3.8) is 0 Å². The Balaban J connectivity index is 1.53. The average Bonchev–Trinajstić information content (AvgIpc) is 3.07. The lowest BCUT2D eigenvalue weighted by atomic mass is 10.1. The van der Waals surface area contributed by atoms with Gasteiger partial charge < -0.3 is 9.67 Å². The van der Waals surface area contributed by atoms with Crippen LogP contribution in [0, 0.1) is 6.92 Å². The van der Waals surface area contributed by atoms with Crippen molar-refractivity contribution in [3.8, 4) is 5.75 Å². The molecule has 0 aliphatic rings. The molecule has 30 heavy (non-hydrogen) atoms. The van der Waals surface area contributed by atoms with Crippen molar-refractivity contribution < 1.29 is 9.90 Å². The fraction of sp³-hybridized carbons (Fsp3) is 0.125. The molecule has 1 heterocycles. The first-order valence-electron chi connectivity index (χ1n) is 9.70. The second kappa shape index (κ2) is 8.61. The van der Waals surface area contributed by atoms with Gasteiger partial charge in [-0.25, -0.2) is 10.4 Å². The predicted molar refractivity (Wildman–Crippen MR) is 118 cm³/mol. The van der Waals surface area contributed by atoms with E-state index < -0.39 is 0 Å². The minimum absolute atomic E-state index is 0.0971. The Morgan fingerprint density at radius 3 is 2.67 bits per heavy atom. The maximum Gasteiger partial charge on any atom is 0.260 e. The number of phenolic OH excluding ortho intramolecular Hbond substituents is 1. The first-order valence-corrected chi connectivity index (χ1v) is 9.70. The fourth-order valence-electron chi connectivity index (χ4n) is 3.33. The van der Waals surface area contributed by atoms with Gasteiger partial charge in [0.05, 0.1) is 17.2 Å². The molecule has 0 fully saturated rings. The van der Waals surface area contributed by atoms with Crippen LogP contribution in [0.3, 0.4) is 0 Å². The van der Waals surface area contributed by atoms with Crippen LogP contribution in [0.2, 0.25) is 0 Å². The highest BCUT2D eigenvalue weighted by Crippen LogP contribution is 2.19. The lowest BCUT2D eigenvalue weighted by Crippen LogP contribution is -2.24. The van der Waals surface area contributed by atoms with E-state index in [2.05, 4.69) is 10.5 Å². The molecular weight excluding hydrogens is 376 g/mol. The smallest absolute Gasteiger partial charge is 0.260 e. The third-order valence-electron chi connectivity index (χ3n) is 4.82. The summed E-state index contributed by atoms with van der Waals surface area (Å²) < 4.78 is 1.91. The monoisotopic (exact) mass is 398 g/mol. The van der Waals surface area contributed by atoms with Gasteiger partial charge in [-0.3, -0.25) is 4.79 Å². The number of rotatable bonds is 6. The van der Waals surface area contributed by atoms with Gasteiger partial charge >= 0.3 is 0 Å². The molecule has 1 aromatic heterocycles. The van der Waals surface area contributed by atoms with Crippen LogP contribution < -0.4 is 5.43 Å². The second-order valence-corrected chi connectivity index (χ2v) is 7.12. The number of para-hydroxylation sites is 2. The Labute approximate surface area is 174 Å². The zero-order chi connectivity index (χ0) is 20.9. The number of nitrogens with zero attached hydrogens (tertiary/aromatic N) is 3. The van der Waals surface area contributed by atoms with Gasteiger partial charge in [-0.15, -0.1) is 0 Å². The minimum atomic E-state index is -0.268. The molecule has 6 nitrogen and oxygen atoms in total. The van der Waals surface area contributed by atoms with E-state index in [-0.39, 0.29) is 18.2 Å². The van der Waals surface area contributed by atoms with Crippen molar-refractivity contribution in [1.29, 1.82) is 0 Å². The number of amides is 1. The molecule has 0 aliphatic heterocycles. The van der Waals surface area contributed by atoms with Crippen molar-refractivity contribution in [1.82, 2.24) is 15.0 Å². The summed E-state index contributed by atoms with van der Waals surface area (Å²) in [7, 11) is 0. The van der Waals surface area contributed by atoms with E-state index in [1.54, 1.807) is 12.1 Å². The van der Waals surface area contributed by atoms with Gasteiger partial charge in [-0.05, 0) is 42.3 Å². The van der Waals surface area contributed by atoms with Gasteiger partial charge in [0.1, 0.15) is 18.1 Å². The Bertz CT molecular complexity index is 1210. The van der Waals surface area contributed by atoms with E-state index in [1.807, 2.05) is 72.2 Å². The van der Waals surface area contributed by atoms with E-state index >= 15 is 0 Å². The molecule has 0 aliphatic carbocycles. The highest BCUT2D eigenvalue weighted by molar-refractivity contribution is 5.86. The van der Waals surface area contributed by atoms with Crippen molar-refractivity contribution in [2.24, 2.45) is 5.10 Å². The van der Waals surface area contributed by atoms with Crippen LogP contribution in [-0.4, -0.2) is 26.8 Å². The number of imidazole rings is 1. The predicted octanol–water partition coefficient (Wildman–Crippen LogP) is 3.79. The zero-order valence-corrected chi connectivity index (χ0v) is 16.6. The molecule has 0 saturated carbocycles. The lowest BCUT2D eigenvalue weighted by Gasteiger charge is -2.08. The molecule has 4 rings (SSSR count). The second-order valence-electron chi connectivity index (χ2n) is 7.12. The number of phenols is 1. The summed E-state index contributed by atoms with van der Waals surface area (Å²) >= 11 is 0. The number of aryl methyl sites for hydroxylation is 1. The number of fused-ring (bicyclic) bond motifs is 1. The van der Waals surface area contributed by atoms with Crippen LogP contribution in [0.15, 0.2) is 77.9 Å². The maximum absolute atomic E-state index is 12.6. The van der Waals surface area contributed by atoms with Gasteiger partial charge in [-0.2, -0.15) is 5.10 Å². The minimum Gasteiger partial charge on any atom is -0.507 e. The van der Waals surface area contributed by atoms with E-state index in [4.69, 9.17) is 4.98 Å². The number of aromatic nitrogens is 2. The van der Waals surface area contributed by atoms with Gasteiger partial charge in [0.15, 0.2) is 0 Å². The SMILES string of the molecule is Cc1ccc(/C=N/NC(=O)Cn2c(Cc3ccccc3)nc3ccccc32)c(O)c1. The van der Waals surface area contributed by atoms with E-state index in [0.29, 0.717) is 12.0 Å². The molecule has 1 amide bonds. The molecule has 0 saturated heterocycles. The summed E-state index contributed by atoms with van der Waals surface area (Å²) in [4.78, 5) is 17.3. The van der Waals surface area contributed by atoms with Crippen LogP contribution in [-0.2, 0) is 17.8 Å². The van der Waals surface area contributed by atoms with Crippen LogP contribution in [0.25, 0.3) is 11.0 Å². The van der Waals surface area contributed by atoms with Crippen molar-refractivity contribution in [2.45, 2.75) is 19.9 Å². The number of hydrazone groups is 1.